The number of amides is 1. The topological polar surface area (TPSA) is 73.2 Å². The Kier molecular flexibility index (Phi) is 6.83. The number of para-hydroxylation sites is 1. The average molecular weight is 458 g/mol. The van der Waals surface area contributed by atoms with Crippen LogP contribution >= 0.6 is 23.4 Å². The number of hydrogen-bond acceptors (Lipinski definition) is 5. The Morgan fingerprint density at radius 1 is 1.23 bits per heavy atom. The van der Waals surface area contributed by atoms with E-state index in [0.29, 0.717) is 32.5 Å². The zero-order chi connectivity index (χ0) is 21.8. The monoisotopic (exact) mass is 457 g/mol. The molecule has 162 valence electrons. The standard InChI is InChI=1S/C23H24ClN3O3S/c1-30-20-12-11-15(24)13-19(20)25-21(28)14-31-23-26-18-10-6-5-9-17(18)22(29)27(23)16-7-3-2-4-8-16/h5-6,9-13,16H,2-4,7-8,14H2,1H3,(H,25,28). The molecular formula is C23H24ClN3O3S. The normalized spacial score (nSPS) is 14.5. The van der Waals surface area contributed by atoms with Gasteiger partial charge < -0.3 is 10.1 Å². The molecule has 1 heterocycles. The van der Waals surface area contributed by atoms with Crippen molar-refractivity contribution in [2.45, 2.75) is 43.3 Å². The number of carbonyl (C=O) groups is 1. The molecule has 1 aliphatic rings. The molecule has 1 aliphatic carbocycles. The Labute approximate surface area is 190 Å². The summed E-state index contributed by atoms with van der Waals surface area (Å²) in [7, 11) is 1.54. The molecule has 0 spiro atoms. The van der Waals surface area contributed by atoms with Gasteiger partial charge in [-0.05, 0) is 43.2 Å². The van der Waals surface area contributed by atoms with E-state index in [1.54, 1.807) is 22.8 Å². The number of nitrogens with zero attached hydrogens (tertiary/aromatic N) is 2. The van der Waals surface area contributed by atoms with Crippen LogP contribution in [0.25, 0.3) is 10.9 Å². The Morgan fingerprint density at radius 2 is 2.00 bits per heavy atom. The number of halogens is 1. The summed E-state index contributed by atoms with van der Waals surface area (Å²) >= 11 is 7.33. The summed E-state index contributed by atoms with van der Waals surface area (Å²) in [5.41, 5.74) is 1.13. The molecule has 3 aromatic rings. The molecule has 2 aromatic carbocycles. The highest BCUT2D eigenvalue weighted by molar-refractivity contribution is 7.99. The summed E-state index contributed by atoms with van der Waals surface area (Å²) in [6.07, 6.45) is 5.31. The summed E-state index contributed by atoms with van der Waals surface area (Å²) in [6, 6.07) is 12.6. The zero-order valence-electron chi connectivity index (χ0n) is 17.3. The third-order valence-corrected chi connectivity index (χ3v) is 6.67. The van der Waals surface area contributed by atoms with E-state index in [4.69, 9.17) is 21.3 Å². The van der Waals surface area contributed by atoms with Crippen LogP contribution in [0.15, 0.2) is 52.4 Å². The van der Waals surface area contributed by atoms with Gasteiger partial charge in [0.15, 0.2) is 5.16 Å². The third kappa shape index (κ3) is 4.88. The molecule has 1 saturated carbocycles. The Morgan fingerprint density at radius 3 is 2.77 bits per heavy atom. The number of benzene rings is 2. The van der Waals surface area contributed by atoms with Gasteiger partial charge in [0.2, 0.25) is 5.91 Å². The van der Waals surface area contributed by atoms with Gasteiger partial charge in [0.05, 0.1) is 29.5 Å². The largest absolute Gasteiger partial charge is 0.495 e. The number of fused-ring (bicyclic) bond motifs is 1. The van der Waals surface area contributed by atoms with Crippen molar-refractivity contribution < 1.29 is 9.53 Å². The number of nitrogens with one attached hydrogen (secondary N) is 1. The van der Waals surface area contributed by atoms with Gasteiger partial charge in [0.25, 0.3) is 5.56 Å². The van der Waals surface area contributed by atoms with Crippen LogP contribution in [-0.4, -0.2) is 28.3 Å². The van der Waals surface area contributed by atoms with Crippen molar-refractivity contribution in [3.05, 3.63) is 57.8 Å². The van der Waals surface area contributed by atoms with E-state index in [-0.39, 0.29) is 23.3 Å². The van der Waals surface area contributed by atoms with Gasteiger partial charge in [-0.25, -0.2) is 4.98 Å². The Hall–Kier alpha value is -2.51. The summed E-state index contributed by atoms with van der Waals surface area (Å²) in [5.74, 6) is 0.432. The lowest BCUT2D eigenvalue weighted by Gasteiger charge is -2.26. The zero-order valence-corrected chi connectivity index (χ0v) is 18.8. The first-order valence-electron chi connectivity index (χ1n) is 10.3. The Balaban J connectivity index is 1.59. The molecule has 1 amide bonds. The fourth-order valence-corrected chi connectivity index (χ4v) is 5.02. The summed E-state index contributed by atoms with van der Waals surface area (Å²) in [5, 5.41) is 4.55. The van der Waals surface area contributed by atoms with Crippen LogP contribution < -0.4 is 15.6 Å². The van der Waals surface area contributed by atoms with Crippen LogP contribution in [0.2, 0.25) is 5.02 Å². The average Bonchev–Trinajstić information content (AvgIpc) is 2.78. The number of methoxy groups -OCH3 is 1. The molecule has 8 heteroatoms. The van der Waals surface area contributed by atoms with Crippen molar-refractivity contribution in [1.82, 2.24) is 9.55 Å². The predicted octanol–water partition coefficient (Wildman–Crippen LogP) is 5.29. The molecule has 1 aromatic heterocycles. The summed E-state index contributed by atoms with van der Waals surface area (Å²) in [4.78, 5) is 30.7. The molecule has 0 saturated heterocycles. The number of ether oxygens (including phenoxy) is 1. The van der Waals surface area contributed by atoms with Crippen molar-refractivity contribution in [3.8, 4) is 5.75 Å². The van der Waals surface area contributed by atoms with E-state index in [9.17, 15) is 9.59 Å². The van der Waals surface area contributed by atoms with Crippen LogP contribution in [0.4, 0.5) is 5.69 Å². The van der Waals surface area contributed by atoms with E-state index in [0.717, 1.165) is 25.7 Å². The molecule has 6 nitrogen and oxygen atoms in total. The molecule has 0 atom stereocenters. The molecule has 1 fully saturated rings. The lowest BCUT2D eigenvalue weighted by Crippen LogP contribution is -2.29. The van der Waals surface area contributed by atoms with Gasteiger partial charge in [-0.15, -0.1) is 0 Å². The quantitative estimate of drug-likeness (QED) is 0.402. The highest BCUT2D eigenvalue weighted by Gasteiger charge is 2.22. The van der Waals surface area contributed by atoms with E-state index in [2.05, 4.69) is 5.32 Å². The smallest absolute Gasteiger partial charge is 0.262 e. The first-order valence-corrected chi connectivity index (χ1v) is 11.7. The minimum Gasteiger partial charge on any atom is -0.495 e. The van der Waals surface area contributed by atoms with Crippen LogP contribution in [0, 0.1) is 0 Å². The van der Waals surface area contributed by atoms with Gasteiger partial charge >= 0.3 is 0 Å². The second-order valence-electron chi connectivity index (χ2n) is 7.56. The van der Waals surface area contributed by atoms with E-state index < -0.39 is 0 Å². The molecule has 0 unspecified atom stereocenters. The lowest BCUT2D eigenvalue weighted by molar-refractivity contribution is -0.113. The second-order valence-corrected chi connectivity index (χ2v) is 8.94. The fraction of sp³-hybridized carbons (Fsp3) is 0.348. The number of carbonyl (C=O) groups excluding carboxylic acids is 1. The number of anilines is 1. The maximum absolute atomic E-state index is 13.3. The molecule has 31 heavy (non-hydrogen) atoms. The SMILES string of the molecule is COc1ccc(Cl)cc1NC(=O)CSc1nc2ccccc2c(=O)n1C1CCCCC1. The highest BCUT2D eigenvalue weighted by atomic mass is 35.5. The number of hydrogen-bond donors (Lipinski definition) is 1. The molecule has 4 rings (SSSR count). The molecular weight excluding hydrogens is 434 g/mol. The molecule has 0 aliphatic heterocycles. The molecule has 0 bridgehead atoms. The first kappa shape index (κ1) is 21.7. The highest BCUT2D eigenvalue weighted by Crippen LogP contribution is 2.32. The number of rotatable bonds is 6. The van der Waals surface area contributed by atoms with E-state index in [1.165, 1.54) is 25.3 Å². The first-order chi connectivity index (χ1) is 15.1. The minimum absolute atomic E-state index is 0.0306. The van der Waals surface area contributed by atoms with Crippen molar-refractivity contribution in [1.29, 1.82) is 0 Å². The number of thioether (sulfide) groups is 1. The van der Waals surface area contributed by atoms with Crippen molar-refractivity contribution in [3.63, 3.8) is 0 Å². The van der Waals surface area contributed by atoms with Gasteiger partial charge in [-0.2, -0.15) is 0 Å². The van der Waals surface area contributed by atoms with E-state index >= 15 is 0 Å². The fourth-order valence-electron chi connectivity index (χ4n) is 3.98. The molecule has 1 N–H and O–H groups in total. The molecule has 0 radical (unpaired) electrons. The Bertz CT molecular complexity index is 1160. The van der Waals surface area contributed by atoms with Crippen molar-refractivity contribution in [2.24, 2.45) is 0 Å². The third-order valence-electron chi connectivity index (χ3n) is 5.48. The lowest BCUT2D eigenvalue weighted by atomic mass is 9.95. The van der Waals surface area contributed by atoms with Crippen LogP contribution in [-0.2, 0) is 4.79 Å². The van der Waals surface area contributed by atoms with E-state index in [1.807, 2.05) is 24.3 Å². The van der Waals surface area contributed by atoms with Crippen LogP contribution in [0.5, 0.6) is 5.75 Å². The van der Waals surface area contributed by atoms with Crippen LogP contribution in [0.1, 0.15) is 38.1 Å². The minimum atomic E-state index is -0.219. The second kappa shape index (κ2) is 9.75. The van der Waals surface area contributed by atoms with Gasteiger partial charge in [-0.3, -0.25) is 14.2 Å². The van der Waals surface area contributed by atoms with Gasteiger partial charge in [0, 0.05) is 11.1 Å². The predicted molar refractivity (Wildman–Crippen MR) is 125 cm³/mol. The summed E-state index contributed by atoms with van der Waals surface area (Å²) < 4.78 is 7.09. The van der Waals surface area contributed by atoms with Gasteiger partial charge in [0.1, 0.15) is 5.75 Å². The maximum atomic E-state index is 13.3. The van der Waals surface area contributed by atoms with Crippen LogP contribution in [0.3, 0.4) is 0 Å². The summed E-state index contributed by atoms with van der Waals surface area (Å²) in [6.45, 7) is 0. The van der Waals surface area contributed by atoms with Crippen molar-refractivity contribution >= 4 is 45.9 Å². The van der Waals surface area contributed by atoms with Gasteiger partial charge in [-0.1, -0.05) is 54.8 Å². The number of aromatic nitrogens is 2. The maximum Gasteiger partial charge on any atom is 0.262 e. The van der Waals surface area contributed by atoms with Crippen molar-refractivity contribution in [2.75, 3.05) is 18.2 Å².